The lowest BCUT2D eigenvalue weighted by molar-refractivity contribution is 0.207. The van der Waals surface area contributed by atoms with Crippen LogP contribution >= 0.6 is 15.9 Å². The summed E-state index contributed by atoms with van der Waals surface area (Å²) in [6.07, 6.45) is 5.52. The largest absolute Gasteiger partial charge is 0.490 e. The molecule has 0 radical (unpaired) electrons. The maximum atomic E-state index is 6.10. The van der Waals surface area contributed by atoms with Gasteiger partial charge in [-0.2, -0.15) is 0 Å². The summed E-state index contributed by atoms with van der Waals surface area (Å²) in [4.78, 5) is 0. The Bertz CT molecular complexity index is 329. The van der Waals surface area contributed by atoms with E-state index in [1.165, 1.54) is 36.8 Å². The van der Waals surface area contributed by atoms with Gasteiger partial charge in [0.05, 0.1) is 6.10 Å². The fourth-order valence-electron chi connectivity index (χ4n) is 2.16. The van der Waals surface area contributed by atoms with E-state index in [4.69, 9.17) is 4.74 Å². The van der Waals surface area contributed by atoms with Gasteiger partial charge in [-0.05, 0) is 38.2 Å². The summed E-state index contributed by atoms with van der Waals surface area (Å²) in [5.74, 6) is 1.10. The fourth-order valence-corrected chi connectivity index (χ4v) is 2.60. The average Bonchev–Trinajstić information content (AvgIpc) is 2.74. The highest BCUT2D eigenvalue weighted by Crippen LogP contribution is 2.30. The van der Waals surface area contributed by atoms with E-state index < -0.39 is 0 Å². The highest BCUT2D eigenvalue weighted by Gasteiger charge is 2.18. The van der Waals surface area contributed by atoms with Crippen molar-refractivity contribution in [2.24, 2.45) is 0 Å². The van der Waals surface area contributed by atoms with Gasteiger partial charge in [0.2, 0.25) is 0 Å². The number of ether oxygens (including phenoxy) is 1. The van der Waals surface area contributed by atoms with Gasteiger partial charge in [-0.1, -0.05) is 34.1 Å². The van der Waals surface area contributed by atoms with Crippen LogP contribution in [-0.2, 0) is 5.33 Å². The molecule has 0 N–H and O–H groups in total. The van der Waals surface area contributed by atoms with E-state index in [-0.39, 0.29) is 0 Å². The Balaban J connectivity index is 2.17. The summed E-state index contributed by atoms with van der Waals surface area (Å²) in [7, 11) is 0. The lowest BCUT2D eigenvalue weighted by Gasteiger charge is -2.17. The molecule has 0 saturated heterocycles. The Kier molecular flexibility index (Phi) is 3.68. The quantitative estimate of drug-likeness (QED) is 0.747. The molecule has 2 rings (SSSR count). The summed E-state index contributed by atoms with van der Waals surface area (Å²) in [6, 6.07) is 6.34. The first kappa shape index (κ1) is 11.0. The monoisotopic (exact) mass is 268 g/mol. The third-order valence-corrected chi connectivity index (χ3v) is 3.63. The lowest BCUT2D eigenvalue weighted by atomic mass is 10.1. The molecule has 1 fully saturated rings. The molecule has 0 aliphatic heterocycles. The van der Waals surface area contributed by atoms with Gasteiger partial charge in [0.25, 0.3) is 0 Å². The molecule has 0 heterocycles. The summed E-state index contributed by atoms with van der Waals surface area (Å²) in [6.45, 7) is 2.12. The molecule has 1 aliphatic rings. The molecule has 0 spiro atoms. The molecule has 1 aromatic carbocycles. The van der Waals surface area contributed by atoms with Crippen molar-refractivity contribution in [3.8, 4) is 5.75 Å². The van der Waals surface area contributed by atoms with Crippen LogP contribution in [0.3, 0.4) is 0 Å². The second kappa shape index (κ2) is 5.02. The van der Waals surface area contributed by atoms with Crippen molar-refractivity contribution in [2.45, 2.75) is 44.0 Å². The number of hydrogen-bond donors (Lipinski definition) is 0. The third-order valence-electron chi connectivity index (χ3n) is 3.02. The van der Waals surface area contributed by atoms with Crippen molar-refractivity contribution in [3.63, 3.8) is 0 Å². The van der Waals surface area contributed by atoms with Crippen LogP contribution in [0.4, 0.5) is 0 Å². The number of hydrogen-bond acceptors (Lipinski definition) is 1. The van der Waals surface area contributed by atoms with Crippen LogP contribution in [0.25, 0.3) is 0 Å². The molecule has 0 amide bonds. The minimum atomic E-state index is 0.448. The maximum absolute atomic E-state index is 6.10. The predicted molar refractivity (Wildman–Crippen MR) is 66.7 cm³/mol. The van der Waals surface area contributed by atoms with Crippen molar-refractivity contribution < 1.29 is 4.74 Å². The van der Waals surface area contributed by atoms with E-state index >= 15 is 0 Å². The van der Waals surface area contributed by atoms with E-state index in [1.807, 2.05) is 0 Å². The highest BCUT2D eigenvalue weighted by atomic mass is 79.9. The van der Waals surface area contributed by atoms with E-state index in [1.54, 1.807) is 0 Å². The molecule has 2 heteroatoms. The number of rotatable bonds is 3. The van der Waals surface area contributed by atoms with Crippen LogP contribution < -0.4 is 4.74 Å². The van der Waals surface area contributed by atoms with Crippen LogP contribution in [0, 0.1) is 6.92 Å². The third kappa shape index (κ3) is 2.54. The van der Waals surface area contributed by atoms with E-state index in [2.05, 4.69) is 41.1 Å². The molecule has 1 saturated carbocycles. The first-order valence-electron chi connectivity index (χ1n) is 5.62. The molecule has 0 bridgehead atoms. The highest BCUT2D eigenvalue weighted by molar-refractivity contribution is 9.08. The number of benzene rings is 1. The SMILES string of the molecule is Cc1cccc(CBr)c1OC1CCCC1. The second-order valence-electron chi connectivity index (χ2n) is 4.22. The van der Waals surface area contributed by atoms with Gasteiger partial charge in [0.1, 0.15) is 5.75 Å². The molecule has 0 unspecified atom stereocenters. The Morgan fingerprint density at radius 2 is 2.07 bits per heavy atom. The van der Waals surface area contributed by atoms with Crippen LogP contribution in [0.1, 0.15) is 36.8 Å². The normalized spacial score (nSPS) is 16.9. The Morgan fingerprint density at radius 1 is 1.33 bits per heavy atom. The van der Waals surface area contributed by atoms with Gasteiger partial charge < -0.3 is 4.74 Å². The predicted octanol–water partition coefficient (Wildman–Crippen LogP) is 4.21. The van der Waals surface area contributed by atoms with Crippen molar-refractivity contribution >= 4 is 15.9 Å². The minimum absolute atomic E-state index is 0.448. The molecule has 15 heavy (non-hydrogen) atoms. The van der Waals surface area contributed by atoms with E-state index in [9.17, 15) is 0 Å². The number of alkyl halides is 1. The zero-order valence-corrected chi connectivity index (χ0v) is 10.7. The standard InChI is InChI=1S/C13H17BrO/c1-10-5-4-6-11(9-14)13(10)15-12-7-2-3-8-12/h4-6,12H,2-3,7-9H2,1H3. The Morgan fingerprint density at radius 3 is 2.73 bits per heavy atom. The molecule has 1 aromatic rings. The summed E-state index contributed by atoms with van der Waals surface area (Å²) >= 11 is 3.51. The molecule has 0 aromatic heterocycles. The first-order chi connectivity index (χ1) is 7.31. The van der Waals surface area contributed by atoms with Gasteiger partial charge in [-0.3, -0.25) is 0 Å². The second-order valence-corrected chi connectivity index (χ2v) is 4.78. The zero-order valence-electron chi connectivity index (χ0n) is 9.13. The molecule has 1 aliphatic carbocycles. The average molecular weight is 269 g/mol. The topological polar surface area (TPSA) is 9.23 Å². The number of aryl methyl sites for hydroxylation is 1. The summed E-state index contributed by atoms with van der Waals surface area (Å²) in [5, 5.41) is 0.872. The van der Waals surface area contributed by atoms with Gasteiger partial charge in [0, 0.05) is 10.9 Å². The summed E-state index contributed by atoms with van der Waals surface area (Å²) in [5.41, 5.74) is 2.51. The fraction of sp³-hybridized carbons (Fsp3) is 0.538. The lowest BCUT2D eigenvalue weighted by Crippen LogP contribution is -2.12. The van der Waals surface area contributed by atoms with Gasteiger partial charge >= 0.3 is 0 Å². The molecule has 0 atom stereocenters. The molecular formula is C13H17BrO. The Hall–Kier alpha value is -0.500. The van der Waals surface area contributed by atoms with Gasteiger partial charge in [-0.15, -0.1) is 0 Å². The van der Waals surface area contributed by atoms with Crippen molar-refractivity contribution in [1.29, 1.82) is 0 Å². The zero-order chi connectivity index (χ0) is 10.7. The number of halogens is 1. The minimum Gasteiger partial charge on any atom is -0.490 e. The molecule has 82 valence electrons. The van der Waals surface area contributed by atoms with Crippen LogP contribution in [0.2, 0.25) is 0 Å². The summed E-state index contributed by atoms with van der Waals surface area (Å²) < 4.78 is 6.10. The van der Waals surface area contributed by atoms with Gasteiger partial charge in [-0.25, -0.2) is 0 Å². The van der Waals surface area contributed by atoms with Crippen LogP contribution in [0.5, 0.6) is 5.75 Å². The molecular weight excluding hydrogens is 252 g/mol. The Labute approximate surface area is 100.0 Å². The maximum Gasteiger partial charge on any atom is 0.126 e. The van der Waals surface area contributed by atoms with Crippen molar-refractivity contribution in [1.82, 2.24) is 0 Å². The van der Waals surface area contributed by atoms with E-state index in [0.717, 1.165) is 11.1 Å². The van der Waals surface area contributed by atoms with Gasteiger partial charge in [0.15, 0.2) is 0 Å². The smallest absolute Gasteiger partial charge is 0.126 e. The van der Waals surface area contributed by atoms with Crippen molar-refractivity contribution in [3.05, 3.63) is 29.3 Å². The molecule has 1 nitrogen and oxygen atoms in total. The van der Waals surface area contributed by atoms with Crippen LogP contribution in [0.15, 0.2) is 18.2 Å². The van der Waals surface area contributed by atoms with E-state index in [0.29, 0.717) is 6.10 Å². The van der Waals surface area contributed by atoms with Crippen LogP contribution in [-0.4, -0.2) is 6.10 Å². The first-order valence-corrected chi connectivity index (χ1v) is 6.74. The van der Waals surface area contributed by atoms with Crippen molar-refractivity contribution in [2.75, 3.05) is 0 Å². The number of para-hydroxylation sites is 1.